The van der Waals surface area contributed by atoms with Crippen molar-refractivity contribution >= 4 is 16.8 Å². The smallest absolute Gasteiger partial charge is 0.268 e. The average Bonchev–Trinajstić information content (AvgIpc) is 2.71. The first-order valence-corrected chi connectivity index (χ1v) is 10.3. The Bertz CT molecular complexity index is 1150. The van der Waals surface area contributed by atoms with Crippen molar-refractivity contribution in [2.24, 2.45) is 11.1 Å². The number of carbonyl (C=O) groups is 1. The van der Waals surface area contributed by atoms with Crippen LogP contribution in [-0.2, 0) is 0 Å². The summed E-state index contributed by atoms with van der Waals surface area (Å²) in [4.78, 5) is 31.2. The van der Waals surface area contributed by atoms with Crippen LogP contribution in [0, 0.1) is 24.0 Å². The van der Waals surface area contributed by atoms with Crippen LogP contribution in [0.2, 0.25) is 0 Å². The van der Waals surface area contributed by atoms with Crippen LogP contribution in [0.5, 0.6) is 0 Å². The van der Waals surface area contributed by atoms with Gasteiger partial charge < -0.3 is 10.7 Å². The molecule has 2 heterocycles. The van der Waals surface area contributed by atoms with Gasteiger partial charge in [-0.1, -0.05) is 32.4 Å². The van der Waals surface area contributed by atoms with Gasteiger partial charge in [-0.2, -0.15) is 0 Å². The van der Waals surface area contributed by atoms with Gasteiger partial charge in [0.05, 0.1) is 10.9 Å². The summed E-state index contributed by atoms with van der Waals surface area (Å²) in [5.74, 6) is -1.86. The zero-order valence-corrected chi connectivity index (χ0v) is 18.0. The number of aryl methyl sites for hydroxylation is 1. The zero-order chi connectivity index (χ0) is 22.8. The summed E-state index contributed by atoms with van der Waals surface area (Å²) >= 11 is 0. The number of H-pyrrole nitrogens is 1. The number of nitrogens with two attached hydrogens (primary N) is 1. The van der Waals surface area contributed by atoms with E-state index >= 15 is 0 Å². The normalized spacial score (nSPS) is 17.6. The first-order valence-electron chi connectivity index (χ1n) is 10.3. The van der Waals surface area contributed by atoms with E-state index in [1.807, 2.05) is 0 Å². The minimum absolute atomic E-state index is 0.0364. The lowest BCUT2D eigenvalue weighted by Gasteiger charge is -2.35. The second kappa shape index (κ2) is 8.96. The van der Waals surface area contributed by atoms with Crippen LogP contribution in [0.1, 0.15) is 67.2 Å². The van der Waals surface area contributed by atoms with E-state index in [-0.39, 0.29) is 16.5 Å². The highest BCUT2D eigenvalue weighted by atomic mass is 19.2. The Balaban J connectivity index is 0.000000254. The molecule has 7 heteroatoms. The molecule has 0 aliphatic heterocycles. The minimum atomic E-state index is -0.782. The molecule has 5 nitrogen and oxygen atoms in total. The van der Waals surface area contributed by atoms with Gasteiger partial charge in [-0.3, -0.25) is 14.6 Å². The topological polar surface area (TPSA) is 88.8 Å². The Morgan fingerprint density at radius 3 is 2.61 bits per heavy atom. The molecule has 3 aromatic rings. The molecule has 1 atom stereocenters. The second-order valence-corrected chi connectivity index (χ2v) is 8.86. The Hall–Kier alpha value is -3.09. The molecule has 0 spiro atoms. The standard InChI is InChI=1S/C17H21N3O2.C7H6F2/c1-17(2)6-3-4-10(9-17)12-8-13(21)14-11(20-12)5-7-19-15(14)16(18)22;1-5-3-2-4-6(8)7(5)9/h5,7-8,10H,3-4,6,9H2,1-2H3,(H2,18,22)(H,20,21);2-4H,1H3. The summed E-state index contributed by atoms with van der Waals surface area (Å²) in [6, 6.07) is 7.44. The SMILES string of the molecule is CC1(C)CCCC(c2cc(=O)c3c(C(N)=O)nccc3[nH]2)C1.Cc1cccc(F)c1F. The number of hydrogen-bond acceptors (Lipinski definition) is 3. The number of nitrogens with one attached hydrogen (secondary N) is 1. The highest BCUT2D eigenvalue weighted by Crippen LogP contribution is 2.42. The van der Waals surface area contributed by atoms with Crippen molar-refractivity contribution in [3.63, 3.8) is 0 Å². The molecule has 4 rings (SSSR count). The molecular formula is C24H27F2N3O2. The van der Waals surface area contributed by atoms with Gasteiger partial charge in [0.15, 0.2) is 17.1 Å². The summed E-state index contributed by atoms with van der Waals surface area (Å²) in [5.41, 5.74) is 7.39. The quantitative estimate of drug-likeness (QED) is 0.605. The maximum Gasteiger partial charge on any atom is 0.268 e. The summed E-state index contributed by atoms with van der Waals surface area (Å²) in [6.45, 7) is 6.07. The molecule has 1 unspecified atom stereocenters. The number of primary amides is 1. The lowest BCUT2D eigenvalue weighted by atomic mass is 9.71. The van der Waals surface area contributed by atoms with Crippen molar-refractivity contribution in [1.82, 2.24) is 9.97 Å². The number of aromatic nitrogens is 2. The molecule has 1 saturated carbocycles. The van der Waals surface area contributed by atoms with Crippen LogP contribution in [-0.4, -0.2) is 15.9 Å². The van der Waals surface area contributed by atoms with Crippen molar-refractivity contribution in [3.05, 3.63) is 75.3 Å². The average molecular weight is 427 g/mol. The Kier molecular flexibility index (Phi) is 6.53. The van der Waals surface area contributed by atoms with Gasteiger partial charge in [0.25, 0.3) is 5.91 Å². The summed E-state index contributed by atoms with van der Waals surface area (Å²) in [5, 5.41) is 0.286. The Labute approximate surface area is 179 Å². The van der Waals surface area contributed by atoms with E-state index < -0.39 is 17.5 Å². The number of halogens is 2. The van der Waals surface area contributed by atoms with E-state index in [1.54, 1.807) is 12.1 Å². The van der Waals surface area contributed by atoms with Crippen molar-refractivity contribution in [2.75, 3.05) is 0 Å². The van der Waals surface area contributed by atoms with Crippen LogP contribution in [0.25, 0.3) is 10.9 Å². The molecule has 1 aliphatic rings. The molecule has 1 amide bonds. The van der Waals surface area contributed by atoms with Crippen molar-refractivity contribution in [1.29, 1.82) is 0 Å². The van der Waals surface area contributed by atoms with Gasteiger partial charge in [-0.15, -0.1) is 0 Å². The molecule has 0 saturated heterocycles. The second-order valence-electron chi connectivity index (χ2n) is 8.86. The van der Waals surface area contributed by atoms with Crippen LogP contribution < -0.4 is 11.2 Å². The number of aromatic amines is 1. The highest BCUT2D eigenvalue weighted by Gasteiger charge is 2.29. The van der Waals surface area contributed by atoms with Gasteiger partial charge in [0, 0.05) is 18.0 Å². The van der Waals surface area contributed by atoms with Crippen molar-refractivity contribution in [2.45, 2.75) is 52.4 Å². The molecule has 0 radical (unpaired) electrons. The third kappa shape index (κ3) is 5.16. The fourth-order valence-electron chi connectivity index (χ4n) is 4.20. The molecule has 3 N–H and O–H groups in total. The number of amides is 1. The lowest BCUT2D eigenvalue weighted by Crippen LogP contribution is -2.23. The monoisotopic (exact) mass is 427 g/mol. The van der Waals surface area contributed by atoms with E-state index in [0.717, 1.165) is 24.6 Å². The molecule has 2 aromatic heterocycles. The molecule has 1 aliphatic carbocycles. The fourth-order valence-corrected chi connectivity index (χ4v) is 4.20. The number of fused-ring (bicyclic) bond motifs is 1. The number of nitrogens with zero attached hydrogens (tertiary/aromatic N) is 1. The number of benzene rings is 1. The van der Waals surface area contributed by atoms with E-state index in [4.69, 9.17) is 5.73 Å². The van der Waals surface area contributed by atoms with E-state index in [0.29, 0.717) is 22.4 Å². The summed E-state index contributed by atoms with van der Waals surface area (Å²) < 4.78 is 24.6. The van der Waals surface area contributed by atoms with Crippen LogP contribution >= 0.6 is 0 Å². The number of hydrogen-bond donors (Lipinski definition) is 2. The Morgan fingerprint density at radius 1 is 1.26 bits per heavy atom. The minimum Gasteiger partial charge on any atom is -0.364 e. The van der Waals surface area contributed by atoms with Crippen molar-refractivity contribution in [3.8, 4) is 0 Å². The van der Waals surface area contributed by atoms with Gasteiger partial charge in [-0.25, -0.2) is 8.78 Å². The molecule has 31 heavy (non-hydrogen) atoms. The molecule has 0 bridgehead atoms. The van der Waals surface area contributed by atoms with Gasteiger partial charge >= 0.3 is 0 Å². The first-order chi connectivity index (χ1) is 14.6. The molecule has 1 aromatic carbocycles. The van der Waals surface area contributed by atoms with Gasteiger partial charge in [0.1, 0.15) is 5.69 Å². The third-order valence-electron chi connectivity index (χ3n) is 5.79. The number of carbonyl (C=O) groups excluding carboxylic acids is 1. The van der Waals surface area contributed by atoms with Crippen LogP contribution in [0.15, 0.2) is 41.3 Å². The largest absolute Gasteiger partial charge is 0.364 e. The van der Waals surface area contributed by atoms with E-state index in [1.165, 1.54) is 38.1 Å². The third-order valence-corrected chi connectivity index (χ3v) is 5.79. The lowest BCUT2D eigenvalue weighted by molar-refractivity contribution is 0.0997. The van der Waals surface area contributed by atoms with Crippen LogP contribution in [0.3, 0.4) is 0 Å². The molecule has 164 valence electrons. The maximum atomic E-state index is 12.5. The predicted octanol–water partition coefficient (Wildman–Crippen LogP) is 4.98. The fraction of sp³-hybridized carbons (Fsp3) is 0.375. The van der Waals surface area contributed by atoms with Gasteiger partial charge in [-0.05, 0) is 55.2 Å². The number of rotatable bonds is 2. The highest BCUT2D eigenvalue weighted by molar-refractivity contribution is 6.03. The number of pyridine rings is 2. The Morgan fingerprint density at radius 2 is 2.00 bits per heavy atom. The summed E-state index contributed by atoms with van der Waals surface area (Å²) in [7, 11) is 0. The maximum absolute atomic E-state index is 12.5. The molecular weight excluding hydrogens is 400 g/mol. The van der Waals surface area contributed by atoms with E-state index in [9.17, 15) is 18.4 Å². The predicted molar refractivity (Wildman–Crippen MR) is 117 cm³/mol. The molecule has 1 fully saturated rings. The summed E-state index contributed by atoms with van der Waals surface area (Å²) in [6.07, 6.45) is 6.03. The van der Waals surface area contributed by atoms with E-state index in [2.05, 4.69) is 23.8 Å². The zero-order valence-electron chi connectivity index (χ0n) is 18.0. The first kappa shape index (κ1) is 22.6. The van der Waals surface area contributed by atoms with Crippen molar-refractivity contribution < 1.29 is 13.6 Å². The van der Waals surface area contributed by atoms with Gasteiger partial charge in [0.2, 0.25) is 0 Å². The van der Waals surface area contributed by atoms with Crippen LogP contribution in [0.4, 0.5) is 8.78 Å².